The van der Waals surface area contributed by atoms with E-state index in [2.05, 4.69) is 31.0 Å². The molecular formula is C23H24N2O2S. The monoisotopic (exact) mass is 392 g/mol. The molecule has 0 radical (unpaired) electrons. The van der Waals surface area contributed by atoms with Crippen molar-refractivity contribution in [1.82, 2.24) is 0 Å². The Kier molecular flexibility index (Phi) is 6.15. The van der Waals surface area contributed by atoms with Crippen molar-refractivity contribution >= 4 is 40.4 Å². The summed E-state index contributed by atoms with van der Waals surface area (Å²) >= 11 is 1.29. The van der Waals surface area contributed by atoms with Crippen LogP contribution < -0.4 is 4.90 Å². The van der Waals surface area contributed by atoms with Gasteiger partial charge in [-0.15, -0.1) is 0 Å². The molecule has 0 spiro atoms. The van der Waals surface area contributed by atoms with E-state index in [1.54, 1.807) is 11.0 Å². The lowest BCUT2D eigenvalue weighted by atomic mass is 10.0. The Morgan fingerprint density at radius 1 is 1.11 bits per heavy atom. The van der Waals surface area contributed by atoms with E-state index in [9.17, 15) is 9.59 Å². The Balaban J connectivity index is 1.94. The van der Waals surface area contributed by atoms with Crippen LogP contribution in [0, 0.1) is 6.92 Å². The molecule has 2 aromatic rings. The number of Topliss-reactive ketones (excluding diaryl/α,β-unsaturated/α-hetero) is 1. The first-order valence-electron chi connectivity index (χ1n) is 9.29. The third-order valence-electron chi connectivity index (χ3n) is 4.43. The quantitative estimate of drug-likeness (QED) is 0.659. The molecule has 0 unspecified atom stereocenters. The average molecular weight is 393 g/mol. The summed E-state index contributed by atoms with van der Waals surface area (Å²) in [5.41, 5.74) is 4.43. The lowest BCUT2D eigenvalue weighted by molar-refractivity contribution is -0.115. The van der Waals surface area contributed by atoms with E-state index in [-0.39, 0.29) is 17.4 Å². The van der Waals surface area contributed by atoms with Crippen LogP contribution in [0.2, 0.25) is 0 Å². The van der Waals surface area contributed by atoms with Gasteiger partial charge in [0.25, 0.3) is 5.91 Å². The number of anilines is 1. The number of aryl methyl sites for hydroxylation is 1. The molecule has 1 aliphatic heterocycles. The molecule has 1 aliphatic rings. The van der Waals surface area contributed by atoms with E-state index in [1.165, 1.54) is 24.2 Å². The molecule has 0 atom stereocenters. The molecule has 1 amide bonds. The molecule has 0 saturated carbocycles. The molecule has 0 saturated heterocycles. The van der Waals surface area contributed by atoms with Crippen LogP contribution in [0.3, 0.4) is 0 Å². The highest BCUT2D eigenvalue weighted by Gasteiger charge is 2.32. The first kappa shape index (κ1) is 20.1. The molecule has 0 fully saturated rings. The fraction of sp³-hybridized carbons (Fsp3) is 0.261. The molecule has 5 heteroatoms. The fourth-order valence-electron chi connectivity index (χ4n) is 2.82. The number of benzene rings is 2. The van der Waals surface area contributed by atoms with Crippen LogP contribution in [0.5, 0.6) is 0 Å². The first-order valence-corrected chi connectivity index (χ1v) is 10.3. The molecule has 0 aliphatic carbocycles. The van der Waals surface area contributed by atoms with Gasteiger partial charge in [0.1, 0.15) is 11.5 Å². The second-order valence-corrected chi connectivity index (χ2v) is 8.15. The summed E-state index contributed by atoms with van der Waals surface area (Å²) in [6.45, 7) is 7.83. The predicted molar refractivity (Wildman–Crippen MR) is 118 cm³/mol. The zero-order valence-corrected chi connectivity index (χ0v) is 17.4. The Bertz CT molecular complexity index is 942. The Morgan fingerprint density at radius 3 is 2.32 bits per heavy atom. The zero-order chi connectivity index (χ0) is 20.3. The largest absolute Gasteiger partial charge is 0.299 e. The topological polar surface area (TPSA) is 49.7 Å². The van der Waals surface area contributed by atoms with Gasteiger partial charge in [0.05, 0.1) is 11.4 Å². The minimum absolute atomic E-state index is 0.0470. The number of carbonyl (C=O) groups excluding carboxylic acids is 2. The van der Waals surface area contributed by atoms with E-state index < -0.39 is 0 Å². The molecule has 0 N–H and O–H groups in total. The lowest BCUT2D eigenvalue weighted by Crippen LogP contribution is -2.30. The third-order valence-corrected chi connectivity index (χ3v) is 5.52. The molecule has 0 aromatic heterocycles. The number of ketones is 1. The molecule has 1 heterocycles. The Labute approximate surface area is 170 Å². The highest BCUT2D eigenvalue weighted by atomic mass is 32.2. The summed E-state index contributed by atoms with van der Waals surface area (Å²) in [7, 11) is 0. The SMILES string of the molecule is CC(=O)CSC1=NC(=Cc2ccc(C(C)C)cc2)C(=O)N1c1ccc(C)cc1. The summed E-state index contributed by atoms with van der Waals surface area (Å²) in [5.74, 6) is 0.609. The van der Waals surface area contributed by atoms with Crippen LogP contribution in [0.15, 0.2) is 59.2 Å². The van der Waals surface area contributed by atoms with E-state index in [0.29, 0.717) is 16.8 Å². The molecule has 2 aromatic carbocycles. The summed E-state index contributed by atoms with van der Waals surface area (Å²) in [6.07, 6.45) is 1.80. The molecule has 3 rings (SSSR count). The van der Waals surface area contributed by atoms with Gasteiger partial charge in [0.2, 0.25) is 0 Å². The van der Waals surface area contributed by atoms with Crippen LogP contribution in [-0.4, -0.2) is 22.6 Å². The zero-order valence-electron chi connectivity index (χ0n) is 16.6. The average Bonchev–Trinajstić information content (AvgIpc) is 2.97. The van der Waals surface area contributed by atoms with E-state index in [1.807, 2.05) is 43.3 Å². The standard InChI is InChI=1S/C23H24N2O2S/c1-15(2)19-9-7-18(8-10-19)13-21-22(27)25(20-11-5-16(3)6-12-20)23(24-21)28-14-17(4)26/h5-13,15H,14H2,1-4H3. The van der Waals surface area contributed by atoms with E-state index in [0.717, 1.165) is 16.8 Å². The fourth-order valence-corrected chi connectivity index (χ4v) is 3.63. The van der Waals surface area contributed by atoms with Gasteiger partial charge in [-0.05, 0) is 49.1 Å². The normalized spacial score (nSPS) is 15.5. The van der Waals surface area contributed by atoms with Crippen LogP contribution in [0.1, 0.15) is 43.4 Å². The van der Waals surface area contributed by atoms with Gasteiger partial charge in [-0.1, -0.05) is 67.6 Å². The highest BCUT2D eigenvalue weighted by Crippen LogP contribution is 2.30. The van der Waals surface area contributed by atoms with Crippen LogP contribution in [-0.2, 0) is 9.59 Å². The van der Waals surface area contributed by atoms with Crippen LogP contribution in [0.4, 0.5) is 5.69 Å². The number of rotatable bonds is 5. The molecular weight excluding hydrogens is 368 g/mol. The second-order valence-electron chi connectivity index (χ2n) is 7.21. The number of nitrogens with zero attached hydrogens (tertiary/aromatic N) is 2. The van der Waals surface area contributed by atoms with Gasteiger partial charge < -0.3 is 0 Å². The first-order chi connectivity index (χ1) is 13.3. The predicted octanol–water partition coefficient (Wildman–Crippen LogP) is 5.18. The maximum atomic E-state index is 13.1. The van der Waals surface area contributed by atoms with Crippen molar-refractivity contribution in [2.45, 2.75) is 33.6 Å². The van der Waals surface area contributed by atoms with Gasteiger partial charge in [0.15, 0.2) is 5.17 Å². The second kappa shape index (κ2) is 8.57. The minimum atomic E-state index is -0.178. The van der Waals surface area contributed by atoms with Gasteiger partial charge in [-0.3, -0.25) is 14.5 Å². The molecule has 144 valence electrons. The van der Waals surface area contributed by atoms with Gasteiger partial charge in [-0.25, -0.2) is 4.99 Å². The number of hydrogen-bond acceptors (Lipinski definition) is 4. The minimum Gasteiger partial charge on any atom is -0.299 e. The van der Waals surface area contributed by atoms with Crippen molar-refractivity contribution in [3.05, 3.63) is 70.9 Å². The maximum absolute atomic E-state index is 13.1. The smallest absolute Gasteiger partial charge is 0.283 e. The third kappa shape index (κ3) is 4.60. The van der Waals surface area contributed by atoms with Gasteiger partial charge >= 0.3 is 0 Å². The molecule has 4 nitrogen and oxygen atoms in total. The van der Waals surface area contributed by atoms with Crippen molar-refractivity contribution in [3.8, 4) is 0 Å². The summed E-state index contributed by atoms with van der Waals surface area (Å²) in [4.78, 5) is 30.6. The number of carbonyl (C=O) groups is 2. The van der Waals surface area contributed by atoms with Crippen molar-refractivity contribution in [1.29, 1.82) is 0 Å². The van der Waals surface area contributed by atoms with Crippen LogP contribution >= 0.6 is 11.8 Å². The number of amidine groups is 1. The summed E-state index contributed by atoms with van der Waals surface area (Å²) in [6, 6.07) is 15.9. The van der Waals surface area contributed by atoms with Crippen LogP contribution in [0.25, 0.3) is 6.08 Å². The van der Waals surface area contributed by atoms with Crippen molar-refractivity contribution in [3.63, 3.8) is 0 Å². The van der Waals surface area contributed by atoms with Gasteiger partial charge in [0, 0.05) is 0 Å². The highest BCUT2D eigenvalue weighted by molar-refractivity contribution is 8.14. The Morgan fingerprint density at radius 2 is 1.75 bits per heavy atom. The van der Waals surface area contributed by atoms with Crippen molar-refractivity contribution in [2.75, 3.05) is 10.7 Å². The maximum Gasteiger partial charge on any atom is 0.283 e. The number of amides is 1. The Hall–Kier alpha value is -2.66. The summed E-state index contributed by atoms with van der Waals surface area (Å²) < 4.78 is 0. The van der Waals surface area contributed by atoms with Crippen molar-refractivity contribution < 1.29 is 9.59 Å². The van der Waals surface area contributed by atoms with E-state index >= 15 is 0 Å². The lowest BCUT2D eigenvalue weighted by Gasteiger charge is -2.17. The summed E-state index contributed by atoms with van der Waals surface area (Å²) in [5, 5.41) is 0.536. The molecule has 0 bridgehead atoms. The van der Waals surface area contributed by atoms with Gasteiger partial charge in [-0.2, -0.15) is 0 Å². The number of thioether (sulfide) groups is 1. The molecule has 28 heavy (non-hydrogen) atoms. The number of aliphatic imine (C=N–C) groups is 1. The van der Waals surface area contributed by atoms with E-state index in [4.69, 9.17) is 0 Å². The number of hydrogen-bond donors (Lipinski definition) is 0. The van der Waals surface area contributed by atoms with Crippen molar-refractivity contribution in [2.24, 2.45) is 4.99 Å².